The molecule has 2 rings (SSSR count). The first-order chi connectivity index (χ1) is 11.4. The fraction of sp³-hybridized carbons (Fsp3) is 0.214. The number of carbonyl (C=O) groups is 1. The summed E-state index contributed by atoms with van der Waals surface area (Å²) in [5, 5.41) is -0.426. The van der Waals surface area contributed by atoms with Gasteiger partial charge >= 0.3 is 6.18 Å². The van der Waals surface area contributed by atoms with Crippen LogP contribution in [0.4, 0.5) is 13.2 Å². The monoisotopic (exact) mass is 396 g/mol. The van der Waals surface area contributed by atoms with E-state index >= 15 is 0 Å². The zero-order valence-electron chi connectivity index (χ0n) is 12.9. The molecule has 0 unspecified atom stereocenters. The Balaban J connectivity index is 2.25. The van der Waals surface area contributed by atoms with Crippen molar-refractivity contribution in [3.8, 4) is 0 Å². The van der Waals surface area contributed by atoms with Gasteiger partial charge in [-0.1, -0.05) is 11.6 Å². The van der Waals surface area contributed by atoms with E-state index in [0.29, 0.717) is 17.9 Å². The maximum absolute atomic E-state index is 12.7. The summed E-state index contributed by atoms with van der Waals surface area (Å²) < 4.78 is 67.6. The molecule has 136 valence electrons. The van der Waals surface area contributed by atoms with Gasteiger partial charge < -0.3 is 4.42 Å². The Morgan fingerprint density at radius 2 is 1.84 bits per heavy atom. The van der Waals surface area contributed by atoms with Gasteiger partial charge in [0.1, 0.15) is 16.4 Å². The minimum atomic E-state index is -4.75. The molecule has 0 saturated carbocycles. The summed E-state index contributed by atoms with van der Waals surface area (Å²) in [6, 6.07) is 3.22. The third-order valence-corrected chi connectivity index (χ3v) is 4.86. The Kier molecular flexibility index (Phi) is 5.17. The van der Waals surface area contributed by atoms with Crippen molar-refractivity contribution in [2.24, 2.45) is 0 Å². The van der Waals surface area contributed by atoms with Crippen molar-refractivity contribution < 1.29 is 30.8 Å². The first-order valence-corrected chi connectivity index (χ1v) is 8.54. The molecule has 0 aliphatic rings. The van der Waals surface area contributed by atoms with E-state index in [4.69, 9.17) is 16.0 Å². The van der Waals surface area contributed by atoms with E-state index in [1.807, 2.05) is 5.43 Å². The van der Waals surface area contributed by atoms with Crippen LogP contribution >= 0.6 is 11.6 Å². The van der Waals surface area contributed by atoms with Crippen LogP contribution in [0.15, 0.2) is 33.6 Å². The zero-order chi connectivity index (χ0) is 19.0. The molecule has 1 aromatic carbocycles. The van der Waals surface area contributed by atoms with Gasteiger partial charge in [0.25, 0.3) is 15.9 Å². The number of furan rings is 1. The third kappa shape index (κ3) is 4.33. The Morgan fingerprint density at radius 3 is 2.36 bits per heavy atom. The normalized spacial score (nSPS) is 12.2. The molecule has 11 heteroatoms. The maximum Gasteiger partial charge on any atom is 0.416 e. The highest BCUT2D eigenvalue weighted by Gasteiger charge is 2.33. The van der Waals surface area contributed by atoms with E-state index in [2.05, 4.69) is 0 Å². The van der Waals surface area contributed by atoms with Gasteiger partial charge in [0.05, 0.1) is 16.1 Å². The van der Waals surface area contributed by atoms with Gasteiger partial charge in [-0.3, -0.25) is 10.2 Å². The van der Waals surface area contributed by atoms with Crippen LogP contribution in [0.5, 0.6) is 0 Å². The molecule has 2 aromatic rings. The predicted molar refractivity (Wildman–Crippen MR) is 82.4 cm³/mol. The number of aryl methyl sites for hydroxylation is 2. The number of amides is 1. The first-order valence-electron chi connectivity index (χ1n) is 6.68. The smallest absolute Gasteiger partial charge is 0.416 e. The van der Waals surface area contributed by atoms with Crippen LogP contribution in [0.1, 0.15) is 27.4 Å². The molecule has 0 saturated heterocycles. The molecule has 0 atom stereocenters. The van der Waals surface area contributed by atoms with Crippen molar-refractivity contribution in [1.29, 1.82) is 0 Å². The maximum atomic E-state index is 12.7. The lowest BCUT2D eigenvalue weighted by Gasteiger charge is -2.12. The van der Waals surface area contributed by atoms with Crippen molar-refractivity contribution in [2.45, 2.75) is 24.9 Å². The van der Waals surface area contributed by atoms with Crippen molar-refractivity contribution >= 4 is 27.5 Å². The lowest BCUT2D eigenvalue weighted by Crippen LogP contribution is -2.41. The fourth-order valence-electron chi connectivity index (χ4n) is 1.98. The quantitative estimate of drug-likeness (QED) is 0.777. The lowest BCUT2D eigenvalue weighted by atomic mass is 10.2. The summed E-state index contributed by atoms with van der Waals surface area (Å²) in [7, 11) is -4.53. The molecule has 2 N–H and O–H groups in total. The van der Waals surface area contributed by atoms with Crippen LogP contribution in [-0.2, 0) is 16.2 Å². The topological polar surface area (TPSA) is 88.4 Å². The number of alkyl halides is 3. The first kappa shape index (κ1) is 19.3. The number of carbonyl (C=O) groups excluding carboxylic acids is 1. The van der Waals surface area contributed by atoms with E-state index < -0.39 is 37.6 Å². The van der Waals surface area contributed by atoms with Crippen molar-refractivity contribution in [3.63, 3.8) is 0 Å². The van der Waals surface area contributed by atoms with Crippen LogP contribution in [0.3, 0.4) is 0 Å². The van der Waals surface area contributed by atoms with E-state index in [0.717, 1.165) is 6.07 Å². The number of nitrogens with one attached hydrogen (secondary N) is 2. The van der Waals surface area contributed by atoms with Crippen LogP contribution in [-0.4, -0.2) is 14.3 Å². The molecule has 0 aliphatic carbocycles. The van der Waals surface area contributed by atoms with Crippen LogP contribution in [0, 0.1) is 13.8 Å². The molecule has 0 aliphatic heterocycles. The predicted octanol–water partition coefficient (Wildman–Crippen LogP) is 3.19. The molecule has 6 nitrogen and oxygen atoms in total. The van der Waals surface area contributed by atoms with E-state index in [1.54, 1.807) is 11.8 Å². The lowest BCUT2D eigenvalue weighted by molar-refractivity contribution is -0.137. The average Bonchev–Trinajstić information content (AvgIpc) is 2.82. The number of hydrazine groups is 1. The largest absolute Gasteiger partial charge is 0.466 e. The summed E-state index contributed by atoms with van der Waals surface area (Å²) in [5.41, 5.74) is 0.790. The van der Waals surface area contributed by atoms with Gasteiger partial charge in [-0.25, -0.2) is 8.42 Å². The summed E-state index contributed by atoms with van der Waals surface area (Å²) in [6.07, 6.45) is -4.75. The molecule has 1 amide bonds. The highest BCUT2D eigenvalue weighted by atomic mass is 35.5. The number of rotatable bonds is 4. The Bertz CT molecular complexity index is 923. The number of hydrogen-bond donors (Lipinski definition) is 2. The Hall–Kier alpha value is -2.04. The van der Waals surface area contributed by atoms with Crippen molar-refractivity contribution in [3.05, 3.63) is 51.9 Å². The number of benzene rings is 1. The Labute approximate surface area is 146 Å². The van der Waals surface area contributed by atoms with E-state index in [-0.39, 0.29) is 11.3 Å². The van der Waals surface area contributed by atoms with Crippen molar-refractivity contribution in [1.82, 2.24) is 10.3 Å². The summed E-state index contributed by atoms with van der Waals surface area (Å²) in [6.45, 7) is 3.09. The Morgan fingerprint density at radius 1 is 1.20 bits per heavy atom. The molecule has 0 fully saturated rings. The second-order valence-corrected chi connectivity index (χ2v) is 7.09. The summed E-state index contributed by atoms with van der Waals surface area (Å²) in [4.78, 5) is 12.9. The van der Waals surface area contributed by atoms with Gasteiger partial charge in [0, 0.05) is 0 Å². The molecule has 1 aromatic heterocycles. The number of halogens is 4. The van der Waals surface area contributed by atoms with Gasteiger partial charge in [-0.2, -0.15) is 13.2 Å². The van der Waals surface area contributed by atoms with E-state index in [9.17, 15) is 26.4 Å². The molecule has 0 spiro atoms. The molecular formula is C14H12ClF3N2O4S. The second-order valence-electron chi connectivity index (χ2n) is 5.03. The van der Waals surface area contributed by atoms with Crippen LogP contribution < -0.4 is 10.3 Å². The van der Waals surface area contributed by atoms with Gasteiger partial charge in [-0.05, 0) is 38.1 Å². The summed E-state index contributed by atoms with van der Waals surface area (Å²) >= 11 is 5.68. The molecule has 1 heterocycles. The molecule has 0 radical (unpaired) electrons. The van der Waals surface area contributed by atoms with Gasteiger partial charge in [0.2, 0.25) is 0 Å². The van der Waals surface area contributed by atoms with Crippen LogP contribution in [0.2, 0.25) is 5.02 Å². The minimum absolute atomic E-state index is 0.0790. The van der Waals surface area contributed by atoms with E-state index in [1.165, 1.54) is 13.0 Å². The fourth-order valence-corrected chi connectivity index (χ4v) is 3.34. The SMILES string of the molecule is Cc1cc(C(=O)NNS(=O)(=O)c2cc(C(F)(F)F)ccc2Cl)c(C)o1. The average molecular weight is 397 g/mol. The highest BCUT2D eigenvalue weighted by molar-refractivity contribution is 7.89. The number of sulfonamides is 1. The second kappa shape index (κ2) is 6.70. The summed E-state index contributed by atoms with van der Waals surface area (Å²) in [5.74, 6) is -0.140. The van der Waals surface area contributed by atoms with Gasteiger partial charge in [0.15, 0.2) is 0 Å². The van der Waals surface area contributed by atoms with Crippen LogP contribution in [0.25, 0.3) is 0 Å². The molecule has 25 heavy (non-hydrogen) atoms. The number of hydrogen-bond acceptors (Lipinski definition) is 4. The minimum Gasteiger partial charge on any atom is -0.466 e. The van der Waals surface area contributed by atoms with Crippen molar-refractivity contribution in [2.75, 3.05) is 0 Å². The highest BCUT2D eigenvalue weighted by Crippen LogP contribution is 2.33. The molecule has 0 bridgehead atoms. The zero-order valence-corrected chi connectivity index (χ0v) is 14.4. The molecular weight excluding hydrogens is 385 g/mol. The third-order valence-electron chi connectivity index (χ3n) is 3.13. The standard InChI is InChI=1S/C14H12ClF3N2O4S/c1-7-5-10(8(2)24-7)13(21)19-20-25(22,23)12-6-9(14(16,17)18)3-4-11(12)15/h3-6,20H,1-2H3,(H,19,21). The van der Waals surface area contributed by atoms with Gasteiger partial charge in [-0.15, -0.1) is 4.83 Å².